The normalized spacial score (nSPS) is 23.6. The number of aryl methyl sites for hydroxylation is 1. The van der Waals surface area contributed by atoms with Crippen molar-refractivity contribution in [2.45, 2.75) is 110 Å². The molecule has 1 aromatic heterocycles. The van der Waals surface area contributed by atoms with Crippen molar-refractivity contribution in [3.63, 3.8) is 0 Å². The van der Waals surface area contributed by atoms with Crippen LogP contribution in [0.25, 0.3) is 0 Å². The summed E-state index contributed by atoms with van der Waals surface area (Å²) in [5.41, 5.74) is 0.921. The molecule has 1 aliphatic carbocycles. The van der Waals surface area contributed by atoms with Crippen molar-refractivity contribution < 1.29 is 13.6 Å². The lowest BCUT2D eigenvalue weighted by Crippen LogP contribution is -2.46. The first-order chi connectivity index (χ1) is 13.5. The zero-order chi connectivity index (χ0) is 23.0. The van der Waals surface area contributed by atoms with E-state index in [9.17, 15) is 0 Å². The van der Waals surface area contributed by atoms with Crippen LogP contribution in [0, 0.1) is 12.8 Å². The molecule has 0 amide bonds. The Morgan fingerprint density at radius 1 is 0.933 bits per heavy atom. The van der Waals surface area contributed by atoms with E-state index >= 15 is 0 Å². The first-order valence-corrected chi connectivity index (χ1v) is 17.1. The van der Waals surface area contributed by atoms with E-state index < -0.39 is 16.6 Å². The largest absolute Gasteiger partial charge is 0.474 e. The lowest BCUT2D eigenvalue weighted by atomic mass is 10.1. The van der Waals surface area contributed by atoms with Gasteiger partial charge in [0.2, 0.25) is 5.88 Å². The Bertz CT molecular complexity index is 711. The van der Waals surface area contributed by atoms with Crippen molar-refractivity contribution in [2.24, 2.45) is 5.92 Å². The van der Waals surface area contributed by atoms with E-state index in [0.29, 0.717) is 11.8 Å². The van der Waals surface area contributed by atoms with Gasteiger partial charge in [0.05, 0.1) is 6.10 Å². The van der Waals surface area contributed by atoms with Crippen LogP contribution in [0.5, 0.6) is 5.88 Å². The molecule has 5 nitrogen and oxygen atoms in total. The highest BCUT2D eigenvalue weighted by Crippen LogP contribution is 2.43. The van der Waals surface area contributed by atoms with Crippen molar-refractivity contribution in [1.82, 2.24) is 9.97 Å². The fraction of sp³-hybridized carbons (Fsp3) is 0.826. The molecular weight excluding hydrogens is 408 g/mol. The second-order valence-corrected chi connectivity index (χ2v) is 21.5. The van der Waals surface area contributed by atoms with Crippen molar-refractivity contribution >= 4 is 16.6 Å². The lowest BCUT2D eigenvalue weighted by Gasteiger charge is -2.41. The van der Waals surface area contributed by atoms with Gasteiger partial charge in [-0.2, -0.15) is 0 Å². The molecule has 7 heteroatoms. The first kappa shape index (κ1) is 25.5. The van der Waals surface area contributed by atoms with Gasteiger partial charge < -0.3 is 13.6 Å². The molecule has 3 atom stereocenters. The van der Waals surface area contributed by atoms with Gasteiger partial charge in [-0.15, -0.1) is 0 Å². The molecule has 172 valence electrons. The molecule has 1 fully saturated rings. The number of rotatable bonds is 7. The number of hydrogen-bond donors (Lipinski definition) is 0. The van der Waals surface area contributed by atoms with Gasteiger partial charge in [0.1, 0.15) is 12.4 Å². The van der Waals surface area contributed by atoms with Gasteiger partial charge in [-0.25, -0.2) is 9.97 Å². The topological polar surface area (TPSA) is 53.5 Å². The Kier molecular flexibility index (Phi) is 7.65. The van der Waals surface area contributed by atoms with Crippen LogP contribution >= 0.6 is 0 Å². The van der Waals surface area contributed by atoms with Crippen LogP contribution in [-0.2, 0) is 8.85 Å². The van der Waals surface area contributed by atoms with Gasteiger partial charge in [-0.1, -0.05) is 41.5 Å². The third-order valence-electron chi connectivity index (χ3n) is 7.37. The van der Waals surface area contributed by atoms with E-state index in [1.807, 2.05) is 13.0 Å². The highest BCUT2D eigenvalue weighted by molar-refractivity contribution is 6.74. The summed E-state index contributed by atoms with van der Waals surface area (Å²) in [7, 11) is -3.69. The third kappa shape index (κ3) is 6.37. The van der Waals surface area contributed by atoms with Gasteiger partial charge >= 0.3 is 0 Å². The van der Waals surface area contributed by atoms with Gasteiger partial charge in [0.15, 0.2) is 16.6 Å². The summed E-state index contributed by atoms with van der Waals surface area (Å²) < 4.78 is 19.8. The van der Waals surface area contributed by atoms with Crippen LogP contribution in [0.1, 0.15) is 60.1 Å². The monoisotopic (exact) mass is 452 g/mol. The molecule has 1 saturated carbocycles. The highest BCUT2D eigenvalue weighted by Gasteiger charge is 2.46. The van der Waals surface area contributed by atoms with E-state index in [0.717, 1.165) is 25.1 Å². The summed E-state index contributed by atoms with van der Waals surface area (Å²) in [5, 5.41) is 0.385. The zero-order valence-corrected chi connectivity index (χ0v) is 23.1. The van der Waals surface area contributed by atoms with Gasteiger partial charge in [0.25, 0.3) is 0 Å². The molecule has 0 aromatic carbocycles. The number of aromatic nitrogens is 2. The van der Waals surface area contributed by atoms with Crippen LogP contribution in [0.15, 0.2) is 12.4 Å². The standard InChI is InChI=1S/C23H44N2O3Si2/c1-17-12-21(25-16-24-17)27-19-13-18(15-26-29(8,9)22(2,3)4)20(14-19)28-30(10,11)23(5,6)7/h12,16,18-20H,13-15H2,1-11H3/t18-,19+,20+/m0/s1. The summed E-state index contributed by atoms with van der Waals surface area (Å²) in [6.07, 6.45) is 3.67. The van der Waals surface area contributed by atoms with Crippen LogP contribution in [0.2, 0.25) is 36.3 Å². The maximum Gasteiger partial charge on any atom is 0.216 e. The highest BCUT2D eigenvalue weighted by atomic mass is 28.4. The molecule has 0 bridgehead atoms. The number of hydrogen-bond acceptors (Lipinski definition) is 5. The van der Waals surface area contributed by atoms with Crippen LogP contribution < -0.4 is 4.74 Å². The molecular formula is C23H44N2O3Si2. The molecule has 0 radical (unpaired) electrons. The average molecular weight is 453 g/mol. The Hall–Kier alpha value is -0.766. The summed E-state index contributed by atoms with van der Waals surface area (Å²) in [5.74, 6) is 1.01. The van der Waals surface area contributed by atoms with E-state index in [1.54, 1.807) is 6.33 Å². The SMILES string of the molecule is Cc1cc(O[C@@H]2C[C@@H](CO[Si](C)(C)C(C)(C)C)[C@H](O[Si](C)(C)C(C)(C)C)C2)ncn1. The maximum absolute atomic E-state index is 6.88. The Balaban J connectivity index is 2.15. The minimum atomic E-state index is -1.88. The van der Waals surface area contributed by atoms with Crippen LogP contribution in [-0.4, -0.2) is 45.4 Å². The molecule has 0 N–H and O–H groups in total. The molecule has 0 unspecified atom stereocenters. The second-order valence-electron chi connectivity index (χ2n) is 12.0. The van der Waals surface area contributed by atoms with E-state index in [-0.39, 0.29) is 22.3 Å². The molecule has 2 rings (SSSR count). The summed E-state index contributed by atoms with van der Waals surface area (Å²) >= 11 is 0. The Morgan fingerprint density at radius 3 is 2.07 bits per heavy atom. The quantitative estimate of drug-likeness (QED) is 0.451. The molecule has 0 spiro atoms. The van der Waals surface area contributed by atoms with Crippen LogP contribution in [0.3, 0.4) is 0 Å². The minimum absolute atomic E-state index is 0.0992. The fourth-order valence-corrected chi connectivity index (χ4v) is 5.67. The maximum atomic E-state index is 6.88. The Labute approximate surface area is 186 Å². The third-order valence-corrected chi connectivity index (χ3v) is 16.4. The second kappa shape index (κ2) is 9.00. The summed E-state index contributed by atoms with van der Waals surface area (Å²) in [4.78, 5) is 8.47. The van der Waals surface area contributed by atoms with Crippen molar-refractivity contribution in [2.75, 3.05) is 6.61 Å². The Morgan fingerprint density at radius 2 is 1.53 bits per heavy atom. The first-order valence-electron chi connectivity index (χ1n) is 11.3. The zero-order valence-electron chi connectivity index (χ0n) is 21.1. The van der Waals surface area contributed by atoms with Gasteiger partial charge in [0, 0.05) is 30.7 Å². The summed E-state index contributed by atoms with van der Waals surface area (Å²) in [6, 6.07) is 1.91. The van der Waals surface area contributed by atoms with E-state index in [4.69, 9.17) is 13.6 Å². The smallest absolute Gasteiger partial charge is 0.216 e. The molecule has 0 saturated heterocycles. The number of ether oxygens (including phenoxy) is 1. The van der Waals surface area contributed by atoms with Gasteiger partial charge in [-0.3, -0.25) is 0 Å². The average Bonchev–Trinajstić information content (AvgIpc) is 2.91. The van der Waals surface area contributed by atoms with Gasteiger partial charge in [-0.05, 0) is 49.6 Å². The molecule has 1 aromatic rings. The molecule has 0 aliphatic heterocycles. The number of nitrogens with zero attached hydrogens (tertiary/aromatic N) is 2. The van der Waals surface area contributed by atoms with Crippen molar-refractivity contribution in [3.8, 4) is 5.88 Å². The van der Waals surface area contributed by atoms with E-state index in [1.165, 1.54) is 0 Å². The van der Waals surface area contributed by atoms with Crippen molar-refractivity contribution in [3.05, 3.63) is 18.1 Å². The van der Waals surface area contributed by atoms with Crippen molar-refractivity contribution in [1.29, 1.82) is 0 Å². The fourth-order valence-electron chi connectivity index (χ4n) is 3.21. The lowest BCUT2D eigenvalue weighted by molar-refractivity contribution is 0.0999. The van der Waals surface area contributed by atoms with Crippen LogP contribution in [0.4, 0.5) is 0 Å². The predicted molar refractivity (Wildman–Crippen MR) is 129 cm³/mol. The summed E-state index contributed by atoms with van der Waals surface area (Å²) in [6.45, 7) is 25.8. The molecule has 1 aliphatic rings. The van der Waals surface area contributed by atoms with E-state index in [2.05, 4.69) is 77.7 Å². The molecule has 1 heterocycles. The predicted octanol–water partition coefficient (Wildman–Crippen LogP) is 6.35. The minimum Gasteiger partial charge on any atom is -0.474 e. The molecule has 30 heavy (non-hydrogen) atoms.